The van der Waals surface area contributed by atoms with E-state index in [1.54, 1.807) is 6.92 Å². The highest BCUT2D eigenvalue weighted by Gasteiger charge is 2.28. The number of rotatable bonds is 4. The molecule has 1 fully saturated rings. The number of ether oxygens (including phenoxy) is 1. The topological polar surface area (TPSA) is 29.5 Å². The van der Waals surface area contributed by atoms with E-state index in [0.29, 0.717) is 13.2 Å². The zero-order valence-electron chi connectivity index (χ0n) is 11.9. The van der Waals surface area contributed by atoms with E-state index in [0.717, 1.165) is 19.4 Å². The van der Waals surface area contributed by atoms with E-state index in [2.05, 4.69) is 15.9 Å². The SMILES string of the molecule is CCOC(=O)[C@H]1CCCN(Cc2c(F)ccc(Br)c2F)C1. The molecule has 0 aromatic heterocycles. The number of benzene rings is 1. The molecule has 116 valence electrons. The fraction of sp³-hybridized carbons (Fsp3) is 0.533. The Kier molecular flexibility index (Phi) is 5.70. The minimum Gasteiger partial charge on any atom is -0.466 e. The fourth-order valence-electron chi connectivity index (χ4n) is 2.59. The maximum Gasteiger partial charge on any atom is 0.310 e. The standard InChI is InChI=1S/C15H18BrF2NO2/c1-2-21-15(20)10-4-3-7-19(8-10)9-11-13(17)6-5-12(16)14(11)18/h5-6,10H,2-4,7-9H2,1H3/t10-/m0/s1. The van der Waals surface area contributed by atoms with Crippen molar-refractivity contribution in [1.29, 1.82) is 0 Å². The Labute approximate surface area is 131 Å². The quantitative estimate of drug-likeness (QED) is 0.607. The summed E-state index contributed by atoms with van der Waals surface area (Å²) in [5, 5.41) is 0. The van der Waals surface area contributed by atoms with Gasteiger partial charge in [0.05, 0.1) is 17.0 Å². The average Bonchev–Trinajstić information content (AvgIpc) is 2.48. The molecule has 1 aliphatic rings. The zero-order valence-corrected chi connectivity index (χ0v) is 13.5. The first kappa shape index (κ1) is 16.4. The molecule has 0 radical (unpaired) electrons. The maximum atomic E-state index is 14.0. The number of halogens is 3. The predicted octanol–water partition coefficient (Wildman–Crippen LogP) is 3.50. The highest BCUT2D eigenvalue weighted by molar-refractivity contribution is 9.10. The molecule has 1 heterocycles. The average molecular weight is 362 g/mol. The molecule has 1 aromatic carbocycles. The van der Waals surface area contributed by atoms with Crippen molar-refractivity contribution in [2.24, 2.45) is 5.92 Å². The first-order valence-corrected chi connectivity index (χ1v) is 7.83. The second-order valence-electron chi connectivity index (χ2n) is 5.15. The van der Waals surface area contributed by atoms with Gasteiger partial charge < -0.3 is 4.74 Å². The number of carbonyl (C=O) groups excluding carboxylic acids is 1. The van der Waals surface area contributed by atoms with Gasteiger partial charge in [-0.15, -0.1) is 0 Å². The van der Waals surface area contributed by atoms with Crippen LogP contribution in [-0.2, 0) is 16.1 Å². The first-order chi connectivity index (χ1) is 10.0. The van der Waals surface area contributed by atoms with E-state index in [-0.39, 0.29) is 28.5 Å². The van der Waals surface area contributed by atoms with Crippen LogP contribution in [0.1, 0.15) is 25.3 Å². The molecule has 2 rings (SSSR count). The van der Waals surface area contributed by atoms with E-state index in [9.17, 15) is 13.6 Å². The summed E-state index contributed by atoms with van der Waals surface area (Å²) in [5.41, 5.74) is 0.0360. The molecule has 0 amide bonds. The van der Waals surface area contributed by atoms with E-state index in [1.807, 2.05) is 4.90 Å². The predicted molar refractivity (Wildman–Crippen MR) is 78.7 cm³/mol. The summed E-state index contributed by atoms with van der Waals surface area (Å²) < 4.78 is 33.0. The second-order valence-corrected chi connectivity index (χ2v) is 6.00. The van der Waals surface area contributed by atoms with Gasteiger partial charge in [0.25, 0.3) is 0 Å². The summed E-state index contributed by atoms with van der Waals surface area (Å²) >= 11 is 3.07. The van der Waals surface area contributed by atoms with Gasteiger partial charge in [-0.25, -0.2) is 8.78 Å². The van der Waals surface area contributed by atoms with Crippen molar-refractivity contribution in [3.8, 4) is 0 Å². The fourth-order valence-corrected chi connectivity index (χ4v) is 2.96. The zero-order chi connectivity index (χ0) is 15.4. The van der Waals surface area contributed by atoms with Crippen molar-refractivity contribution in [2.75, 3.05) is 19.7 Å². The molecule has 1 aromatic rings. The second kappa shape index (κ2) is 7.31. The summed E-state index contributed by atoms with van der Waals surface area (Å²) in [6.45, 7) is 3.48. The lowest BCUT2D eigenvalue weighted by Gasteiger charge is -2.31. The number of piperidine rings is 1. The number of esters is 1. The lowest BCUT2D eigenvalue weighted by atomic mass is 9.97. The van der Waals surface area contributed by atoms with Crippen LogP contribution >= 0.6 is 15.9 Å². The Bertz CT molecular complexity index is 525. The third-order valence-electron chi connectivity index (χ3n) is 3.65. The van der Waals surface area contributed by atoms with Crippen molar-refractivity contribution < 1.29 is 18.3 Å². The Morgan fingerprint density at radius 3 is 2.95 bits per heavy atom. The van der Waals surface area contributed by atoms with Crippen LogP contribution in [0.3, 0.4) is 0 Å². The summed E-state index contributed by atoms with van der Waals surface area (Å²) in [4.78, 5) is 13.7. The van der Waals surface area contributed by atoms with Gasteiger partial charge in [-0.05, 0) is 54.4 Å². The number of likely N-dealkylation sites (tertiary alicyclic amines) is 1. The van der Waals surface area contributed by atoms with Gasteiger partial charge in [0.2, 0.25) is 0 Å². The molecule has 1 atom stereocenters. The van der Waals surface area contributed by atoms with Crippen molar-refractivity contribution in [3.05, 3.63) is 33.8 Å². The molecular weight excluding hydrogens is 344 g/mol. The summed E-state index contributed by atoms with van der Waals surface area (Å²) in [6.07, 6.45) is 1.58. The Hall–Kier alpha value is -1.01. The smallest absolute Gasteiger partial charge is 0.310 e. The number of nitrogens with zero attached hydrogens (tertiary/aromatic N) is 1. The van der Waals surface area contributed by atoms with E-state index in [4.69, 9.17) is 4.74 Å². The summed E-state index contributed by atoms with van der Waals surface area (Å²) in [6, 6.07) is 2.60. The van der Waals surface area contributed by atoms with Gasteiger partial charge in [0.15, 0.2) is 0 Å². The van der Waals surface area contributed by atoms with Crippen molar-refractivity contribution >= 4 is 21.9 Å². The van der Waals surface area contributed by atoms with Crippen LogP contribution in [0.2, 0.25) is 0 Å². The molecule has 0 spiro atoms. The van der Waals surface area contributed by atoms with Crippen molar-refractivity contribution in [2.45, 2.75) is 26.3 Å². The molecule has 1 aliphatic heterocycles. The molecule has 0 N–H and O–H groups in total. The molecule has 0 bridgehead atoms. The van der Waals surface area contributed by atoms with Gasteiger partial charge in [0, 0.05) is 18.7 Å². The molecule has 3 nitrogen and oxygen atoms in total. The van der Waals surface area contributed by atoms with Crippen molar-refractivity contribution in [1.82, 2.24) is 4.90 Å². The Balaban J connectivity index is 2.06. The first-order valence-electron chi connectivity index (χ1n) is 7.04. The third-order valence-corrected chi connectivity index (χ3v) is 4.26. The lowest BCUT2D eigenvalue weighted by molar-refractivity contribution is -0.150. The van der Waals surface area contributed by atoms with Crippen LogP contribution in [0.25, 0.3) is 0 Å². The van der Waals surface area contributed by atoms with Crippen LogP contribution in [0.5, 0.6) is 0 Å². The highest BCUT2D eigenvalue weighted by atomic mass is 79.9. The highest BCUT2D eigenvalue weighted by Crippen LogP contribution is 2.25. The maximum absolute atomic E-state index is 14.0. The molecule has 21 heavy (non-hydrogen) atoms. The van der Waals surface area contributed by atoms with Crippen molar-refractivity contribution in [3.63, 3.8) is 0 Å². The van der Waals surface area contributed by atoms with E-state index < -0.39 is 11.6 Å². The van der Waals surface area contributed by atoms with Crippen LogP contribution in [0.4, 0.5) is 8.78 Å². The molecular formula is C15H18BrF2NO2. The molecule has 0 aliphatic carbocycles. The van der Waals surface area contributed by atoms with Gasteiger partial charge in [-0.2, -0.15) is 0 Å². The summed E-state index contributed by atoms with van der Waals surface area (Å²) in [5.74, 6) is -1.57. The summed E-state index contributed by atoms with van der Waals surface area (Å²) in [7, 11) is 0. The minimum atomic E-state index is -0.576. The van der Waals surface area contributed by atoms with Gasteiger partial charge >= 0.3 is 5.97 Å². The van der Waals surface area contributed by atoms with Crippen LogP contribution < -0.4 is 0 Å². The molecule has 6 heteroatoms. The Morgan fingerprint density at radius 2 is 2.24 bits per heavy atom. The minimum absolute atomic E-state index is 0.0360. The largest absolute Gasteiger partial charge is 0.466 e. The Morgan fingerprint density at radius 1 is 1.48 bits per heavy atom. The number of hydrogen-bond acceptors (Lipinski definition) is 3. The molecule has 0 unspecified atom stereocenters. The monoisotopic (exact) mass is 361 g/mol. The van der Waals surface area contributed by atoms with Crippen LogP contribution in [0, 0.1) is 17.6 Å². The van der Waals surface area contributed by atoms with Gasteiger partial charge in [-0.3, -0.25) is 9.69 Å². The third kappa shape index (κ3) is 4.01. The van der Waals surface area contributed by atoms with Crippen LogP contribution in [0.15, 0.2) is 16.6 Å². The van der Waals surface area contributed by atoms with Crippen LogP contribution in [-0.4, -0.2) is 30.6 Å². The van der Waals surface area contributed by atoms with Gasteiger partial charge in [0.1, 0.15) is 11.6 Å². The van der Waals surface area contributed by atoms with Gasteiger partial charge in [-0.1, -0.05) is 0 Å². The molecule has 0 saturated carbocycles. The lowest BCUT2D eigenvalue weighted by Crippen LogP contribution is -2.39. The van der Waals surface area contributed by atoms with E-state index >= 15 is 0 Å². The number of hydrogen-bond donors (Lipinski definition) is 0. The number of carbonyl (C=O) groups is 1. The van der Waals surface area contributed by atoms with E-state index in [1.165, 1.54) is 12.1 Å². The normalized spacial score (nSPS) is 19.5. The molecule has 1 saturated heterocycles.